The van der Waals surface area contributed by atoms with Gasteiger partial charge in [0.25, 0.3) is 0 Å². The maximum Gasteiger partial charge on any atom is 0.127 e. The summed E-state index contributed by atoms with van der Waals surface area (Å²) >= 11 is 0. The summed E-state index contributed by atoms with van der Waals surface area (Å²) in [5, 5.41) is 13.6. The van der Waals surface area contributed by atoms with Crippen LogP contribution < -0.4 is 5.32 Å². The zero-order chi connectivity index (χ0) is 14.4. The quantitative estimate of drug-likeness (QED) is 0.792. The average Bonchev–Trinajstić information content (AvgIpc) is 2.46. The van der Waals surface area contributed by atoms with Crippen LogP contribution in [0.3, 0.4) is 0 Å². The number of nitrogens with one attached hydrogen (secondary N) is 1. The Morgan fingerprint density at radius 3 is 2.40 bits per heavy atom. The van der Waals surface area contributed by atoms with Gasteiger partial charge < -0.3 is 10.4 Å². The molecule has 0 bridgehead atoms. The molecule has 0 heterocycles. The van der Waals surface area contributed by atoms with E-state index >= 15 is 0 Å². The summed E-state index contributed by atoms with van der Waals surface area (Å²) in [6, 6.07) is 16.3. The predicted molar refractivity (Wildman–Crippen MR) is 78.7 cm³/mol. The zero-order valence-corrected chi connectivity index (χ0v) is 11.6. The van der Waals surface area contributed by atoms with E-state index in [-0.39, 0.29) is 5.82 Å². The minimum atomic E-state index is -0.872. The standard InChI is InChI=1S/C17H20FNO/c1-17(20,15-8-3-2-4-9-15)11-12-19-13-14-7-5-6-10-16(14)18/h2-10,19-20H,11-13H2,1H3. The minimum absolute atomic E-state index is 0.199. The van der Waals surface area contributed by atoms with Gasteiger partial charge in [-0.15, -0.1) is 0 Å². The van der Waals surface area contributed by atoms with Crippen molar-refractivity contribution in [2.45, 2.75) is 25.5 Å². The molecule has 2 rings (SSSR count). The van der Waals surface area contributed by atoms with Crippen LogP contribution in [0.5, 0.6) is 0 Å². The SMILES string of the molecule is CC(O)(CCNCc1ccccc1F)c1ccccc1. The van der Waals surface area contributed by atoms with Crippen LogP contribution in [0.15, 0.2) is 54.6 Å². The molecule has 0 aromatic heterocycles. The fourth-order valence-electron chi connectivity index (χ4n) is 2.14. The van der Waals surface area contributed by atoms with E-state index < -0.39 is 5.60 Å². The van der Waals surface area contributed by atoms with Crippen molar-refractivity contribution in [3.8, 4) is 0 Å². The molecular weight excluding hydrogens is 253 g/mol. The van der Waals surface area contributed by atoms with Crippen molar-refractivity contribution >= 4 is 0 Å². The van der Waals surface area contributed by atoms with Gasteiger partial charge in [-0.3, -0.25) is 0 Å². The monoisotopic (exact) mass is 273 g/mol. The molecule has 0 fully saturated rings. The Bertz CT molecular complexity index is 540. The Morgan fingerprint density at radius 1 is 1.05 bits per heavy atom. The first-order valence-corrected chi connectivity index (χ1v) is 6.81. The first-order chi connectivity index (χ1) is 9.59. The second-order valence-corrected chi connectivity index (χ2v) is 5.16. The molecule has 0 saturated carbocycles. The fraction of sp³-hybridized carbons (Fsp3) is 0.294. The van der Waals surface area contributed by atoms with Gasteiger partial charge in [0.05, 0.1) is 5.60 Å². The van der Waals surface area contributed by atoms with Crippen molar-refractivity contribution in [3.05, 3.63) is 71.5 Å². The van der Waals surface area contributed by atoms with Crippen LogP contribution in [0.4, 0.5) is 4.39 Å². The average molecular weight is 273 g/mol. The second-order valence-electron chi connectivity index (χ2n) is 5.16. The summed E-state index contributed by atoms with van der Waals surface area (Å²) in [4.78, 5) is 0. The molecule has 0 aliphatic rings. The van der Waals surface area contributed by atoms with E-state index in [1.807, 2.05) is 36.4 Å². The molecular formula is C17H20FNO. The van der Waals surface area contributed by atoms with E-state index in [0.717, 1.165) is 5.56 Å². The summed E-state index contributed by atoms with van der Waals surface area (Å²) in [7, 11) is 0. The lowest BCUT2D eigenvalue weighted by molar-refractivity contribution is 0.0479. The van der Waals surface area contributed by atoms with Crippen LogP contribution in [0.25, 0.3) is 0 Å². The molecule has 2 aromatic rings. The summed E-state index contributed by atoms with van der Waals surface area (Å²) in [5.74, 6) is -0.199. The van der Waals surface area contributed by atoms with E-state index in [1.165, 1.54) is 6.07 Å². The molecule has 3 heteroatoms. The highest BCUT2D eigenvalue weighted by Crippen LogP contribution is 2.23. The van der Waals surface area contributed by atoms with Gasteiger partial charge in [0, 0.05) is 12.1 Å². The zero-order valence-electron chi connectivity index (χ0n) is 11.6. The van der Waals surface area contributed by atoms with Gasteiger partial charge in [-0.1, -0.05) is 48.5 Å². The van der Waals surface area contributed by atoms with Crippen LogP contribution in [-0.2, 0) is 12.1 Å². The molecule has 0 amide bonds. The minimum Gasteiger partial charge on any atom is -0.385 e. The van der Waals surface area contributed by atoms with E-state index in [0.29, 0.717) is 25.1 Å². The summed E-state index contributed by atoms with van der Waals surface area (Å²) < 4.78 is 13.4. The van der Waals surface area contributed by atoms with Gasteiger partial charge in [0.15, 0.2) is 0 Å². The third kappa shape index (κ3) is 3.89. The Morgan fingerprint density at radius 2 is 1.70 bits per heavy atom. The van der Waals surface area contributed by atoms with E-state index in [1.54, 1.807) is 19.1 Å². The molecule has 1 atom stereocenters. The highest BCUT2D eigenvalue weighted by molar-refractivity contribution is 5.21. The number of aliphatic hydroxyl groups is 1. The predicted octanol–water partition coefficient (Wildman–Crippen LogP) is 3.21. The highest BCUT2D eigenvalue weighted by Gasteiger charge is 2.21. The largest absolute Gasteiger partial charge is 0.385 e. The summed E-state index contributed by atoms with van der Waals surface area (Å²) in [5.41, 5.74) is 0.670. The molecule has 0 spiro atoms. The first-order valence-electron chi connectivity index (χ1n) is 6.81. The Labute approximate surface area is 119 Å². The third-order valence-corrected chi connectivity index (χ3v) is 3.46. The van der Waals surface area contributed by atoms with Crippen molar-refractivity contribution in [2.75, 3.05) is 6.54 Å². The molecule has 0 radical (unpaired) electrons. The number of hydrogen-bond acceptors (Lipinski definition) is 2. The molecule has 2 nitrogen and oxygen atoms in total. The van der Waals surface area contributed by atoms with E-state index in [9.17, 15) is 9.50 Å². The van der Waals surface area contributed by atoms with Gasteiger partial charge in [-0.05, 0) is 31.5 Å². The maximum absolute atomic E-state index is 13.4. The molecule has 106 valence electrons. The first kappa shape index (κ1) is 14.7. The van der Waals surface area contributed by atoms with Crippen LogP contribution in [0, 0.1) is 5.82 Å². The number of halogens is 1. The molecule has 2 aromatic carbocycles. The smallest absolute Gasteiger partial charge is 0.127 e. The normalized spacial score (nSPS) is 13.9. The van der Waals surface area contributed by atoms with Crippen molar-refractivity contribution < 1.29 is 9.50 Å². The fourth-order valence-corrected chi connectivity index (χ4v) is 2.14. The number of benzene rings is 2. The van der Waals surface area contributed by atoms with Crippen LogP contribution in [0.2, 0.25) is 0 Å². The van der Waals surface area contributed by atoms with Gasteiger partial charge in [-0.2, -0.15) is 0 Å². The maximum atomic E-state index is 13.4. The van der Waals surface area contributed by atoms with Crippen LogP contribution in [0.1, 0.15) is 24.5 Å². The van der Waals surface area contributed by atoms with Crippen LogP contribution in [-0.4, -0.2) is 11.7 Å². The molecule has 0 aliphatic carbocycles. The van der Waals surface area contributed by atoms with E-state index in [4.69, 9.17) is 0 Å². The molecule has 2 N–H and O–H groups in total. The van der Waals surface area contributed by atoms with Crippen molar-refractivity contribution in [2.24, 2.45) is 0 Å². The van der Waals surface area contributed by atoms with Crippen molar-refractivity contribution in [1.29, 1.82) is 0 Å². The Balaban J connectivity index is 1.83. The molecule has 0 saturated heterocycles. The van der Waals surface area contributed by atoms with Crippen molar-refractivity contribution in [3.63, 3.8) is 0 Å². The van der Waals surface area contributed by atoms with Crippen LogP contribution >= 0.6 is 0 Å². The number of hydrogen-bond donors (Lipinski definition) is 2. The Kier molecular flexibility index (Phi) is 4.88. The van der Waals surface area contributed by atoms with Crippen molar-refractivity contribution in [1.82, 2.24) is 5.32 Å². The van der Waals surface area contributed by atoms with Gasteiger partial charge in [0.2, 0.25) is 0 Å². The summed E-state index contributed by atoms with van der Waals surface area (Å²) in [6.07, 6.45) is 0.575. The molecule has 1 unspecified atom stereocenters. The van der Waals surface area contributed by atoms with Gasteiger partial charge in [0.1, 0.15) is 5.82 Å². The number of rotatable bonds is 6. The van der Waals surface area contributed by atoms with Gasteiger partial charge >= 0.3 is 0 Å². The highest BCUT2D eigenvalue weighted by atomic mass is 19.1. The molecule has 20 heavy (non-hydrogen) atoms. The summed E-state index contributed by atoms with van der Waals surface area (Å²) in [6.45, 7) is 2.89. The lowest BCUT2D eigenvalue weighted by Gasteiger charge is -2.24. The lowest BCUT2D eigenvalue weighted by Crippen LogP contribution is -2.27. The lowest BCUT2D eigenvalue weighted by atomic mass is 9.92. The van der Waals surface area contributed by atoms with Gasteiger partial charge in [-0.25, -0.2) is 4.39 Å². The topological polar surface area (TPSA) is 32.3 Å². The van der Waals surface area contributed by atoms with E-state index in [2.05, 4.69) is 5.32 Å². The second kappa shape index (κ2) is 6.64. The third-order valence-electron chi connectivity index (χ3n) is 3.46. The Hall–Kier alpha value is -1.71. The molecule has 0 aliphatic heterocycles.